The molecule has 0 saturated carbocycles. The average Bonchev–Trinajstić information content (AvgIpc) is 2.33. The number of carbonyl (C=O) groups excluding carboxylic acids is 1. The van der Waals surface area contributed by atoms with Crippen molar-refractivity contribution < 1.29 is 13.2 Å². The number of hydrogen-bond donors (Lipinski definition) is 4. The predicted molar refractivity (Wildman–Crippen MR) is 67.0 cm³/mol. The molecule has 0 aliphatic carbocycles. The highest BCUT2D eigenvalue weighted by atomic mass is 32.2. The molecule has 100 valence electrons. The molecule has 0 aliphatic rings. The third-order valence-electron chi connectivity index (χ3n) is 2.02. The molecule has 0 aromatic carbocycles. The van der Waals surface area contributed by atoms with Crippen molar-refractivity contribution in [2.45, 2.75) is 6.42 Å². The summed E-state index contributed by atoms with van der Waals surface area (Å²) in [4.78, 5) is 15.5. The van der Waals surface area contributed by atoms with E-state index in [2.05, 4.69) is 15.7 Å². The molecule has 0 spiro atoms. The van der Waals surface area contributed by atoms with Crippen LogP contribution in [0.15, 0.2) is 18.2 Å². The second-order valence-electron chi connectivity index (χ2n) is 3.53. The lowest BCUT2D eigenvalue weighted by molar-refractivity contribution is 0.0949. The highest BCUT2D eigenvalue weighted by molar-refractivity contribution is 7.89. The number of hydrogen-bond acceptors (Lipinski definition) is 6. The first kappa shape index (κ1) is 14.4. The molecule has 1 heterocycles. The lowest BCUT2D eigenvalue weighted by Crippen LogP contribution is -2.28. The molecule has 0 aliphatic heterocycles. The monoisotopic (exact) mass is 273 g/mol. The van der Waals surface area contributed by atoms with Crippen molar-refractivity contribution >= 4 is 21.7 Å². The molecular weight excluding hydrogens is 258 g/mol. The lowest BCUT2D eigenvalue weighted by atomic mass is 10.3. The van der Waals surface area contributed by atoms with Crippen molar-refractivity contribution in [1.82, 2.24) is 10.3 Å². The van der Waals surface area contributed by atoms with Gasteiger partial charge in [0, 0.05) is 6.54 Å². The summed E-state index contributed by atoms with van der Waals surface area (Å²) >= 11 is 0. The zero-order valence-electron chi connectivity index (χ0n) is 9.59. The van der Waals surface area contributed by atoms with Crippen LogP contribution in [0, 0.1) is 0 Å². The molecule has 1 rings (SSSR count). The number of aromatic nitrogens is 1. The number of rotatable bonds is 6. The molecule has 0 unspecified atom stereocenters. The number of anilines is 1. The average molecular weight is 273 g/mol. The second kappa shape index (κ2) is 6.28. The smallest absolute Gasteiger partial charge is 0.269 e. The van der Waals surface area contributed by atoms with Crippen molar-refractivity contribution in [2.24, 2.45) is 11.0 Å². The van der Waals surface area contributed by atoms with Gasteiger partial charge < -0.3 is 10.7 Å². The first-order valence-electron chi connectivity index (χ1n) is 5.15. The Hall–Kier alpha value is -1.71. The summed E-state index contributed by atoms with van der Waals surface area (Å²) in [5.74, 6) is 4.95. The van der Waals surface area contributed by atoms with Crippen LogP contribution < -0.4 is 21.7 Å². The number of carbonyl (C=O) groups is 1. The zero-order chi connectivity index (χ0) is 13.6. The Morgan fingerprint density at radius 1 is 1.39 bits per heavy atom. The predicted octanol–water partition coefficient (Wildman–Crippen LogP) is -1.22. The van der Waals surface area contributed by atoms with Gasteiger partial charge in [-0.25, -0.2) is 24.4 Å². The Morgan fingerprint density at radius 3 is 2.72 bits per heavy atom. The fraction of sp³-hybridized carbons (Fsp3) is 0.333. The number of amides is 1. The van der Waals surface area contributed by atoms with Crippen LogP contribution in [0.3, 0.4) is 0 Å². The van der Waals surface area contributed by atoms with Gasteiger partial charge in [-0.2, -0.15) is 0 Å². The number of nitrogens with zero attached hydrogens (tertiary/aromatic N) is 1. The molecule has 1 aromatic rings. The van der Waals surface area contributed by atoms with Gasteiger partial charge in [0.15, 0.2) is 0 Å². The van der Waals surface area contributed by atoms with Crippen LogP contribution in [0.4, 0.5) is 5.82 Å². The highest BCUT2D eigenvalue weighted by Crippen LogP contribution is 2.02. The Balaban J connectivity index is 2.45. The molecule has 1 aromatic heterocycles. The number of nitrogen functional groups attached to an aromatic ring is 1. The van der Waals surface area contributed by atoms with E-state index < -0.39 is 15.9 Å². The van der Waals surface area contributed by atoms with E-state index in [0.29, 0.717) is 5.82 Å². The summed E-state index contributed by atoms with van der Waals surface area (Å²) in [6.45, 7) is 0.206. The molecule has 9 heteroatoms. The van der Waals surface area contributed by atoms with Crippen molar-refractivity contribution in [3.8, 4) is 0 Å². The maximum atomic E-state index is 11.6. The number of sulfonamides is 1. The summed E-state index contributed by atoms with van der Waals surface area (Å²) in [5, 5.41) is 7.36. The first-order chi connectivity index (χ1) is 8.42. The number of hydrazine groups is 1. The molecule has 0 bridgehead atoms. The van der Waals surface area contributed by atoms with Crippen LogP contribution in [0.1, 0.15) is 16.9 Å². The summed E-state index contributed by atoms with van der Waals surface area (Å²) in [6, 6.07) is 4.76. The van der Waals surface area contributed by atoms with Crippen molar-refractivity contribution in [3.05, 3.63) is 23.9 Å². The van der Waals surface area contributed by atoms with Crippen molar-refractivity contribution in [2.75, 3.05) is 17.7 Å². The van der Waals surface area contributed by atoms with Gasteiger partial charge in [-0.05, 0) is 18.6 Å². The molecule has 0 saturated heterocycles. The summed E-state index contributed by atoms with van der Waals surface area (Å²) < 4.78 is 21.3. The Morgan fingerprint density at radius 2 is 2.11 bits per heavy atom. The molecule has 0 radical (unpaired) electrons. The minimum Gasteiger partial charge on any atom is -0.351 e. The second-order valence-corrected chi connectivity index (χ2v) is 5.26. The van der Waals surface area contributed by atoms with Crippen LogP contribution in [0.2, 0.25) is 0 Å². The van der Waals surface area contributed by atoms with Gasteiger partial charge in [-0.3, -0.25) is 4.79 Å². The maximum Gasteiger partial charge on any atom is 0.269 e. The third-order valence-corrected chi connectivity index (χ3v) is 2.88. The van der Waals surface area contributed by atoms with Gasteiger partial charge in [-0.15, -0.1) is 0 Å². The fourth-order valence-corrected chi connectivity index (χ4v) is 1.75. The number of nitrogens with two attached hydrogens (primary N) is 2. The molecule has 0 atom stereocenters. The van der Waals surface area contributed by atoms with Gasteiger partial charge in [0.2, 0.25) is 10.0 Å². The van der Waals surface area contributed by atoms with E-state index in [-0.39, 0.29) is 24.4 Å². The SMILES string of the molecule is NNc1cccc(C(=O)NCCCS(N)(=O)=O)n1. The van der Waals surface area contributed by atoms with E-state index in [1.54, 1.807) is 12.1 Å². The Bertz CT molecular complexity index is 517. The maximum absolute atomic E-state index is 11.6. The molecule has 18 heavy (non-hydrogen) atoms. The topological polar surface area (TPSA) is 140 Å². The summed E-state index contributed by atoms with van der Waals surface area (Å²) in [7, 11) is -3.49. The van der Waals surface area contributed by atoms with Crippen LogP contribution in [0.5, 0.6) is 0 Å². The molecule has 6 N–H and O–H groups in total. The van der Waals surface area contributed by atoms with Crippen molar-refractivity contribution in [1.29, 1.82) is 0 Å². The van der Waals surface area contributed by atoms with Crippen molar-refractivity contribution in [3.63, 3.8) is 0 Å². The lowest BCUT2D eigenvalue weighted by Gasteiger charge is -2.05. The van der Waals surface area contributed by atoms with E-state index in [4.69, 9.17) is 11.0 Å². The minimum absolute atomic E-state index is 0.175. The van der Waals surface area contributed by atoms with E-state index in [1.807, 2.05) is 0 Å². The molecular formula is C9H15N5O3S. The number of primary sulfonamides is 1. The van der Waals surface area contributed by atoms with Gasteiger partial charge in [0.1, 0.15) is 11.5 Å². The number of pyridine rings is 1. The van der Waals surface area contributed by atoms with Crippen LogP contribution >= 0.6 is 0 Å². The Kier molecular flexibility index (Phi) is 5.01. The third kappa shape index (κ3) is 5.08. The van der Waals surface area contributed by atoms with E-state index in [0.717, 1.165) is 0 Å². The molecule has 8 nitrogen and oxygen atoms in total. The quantitative estimate of drug-likeness (QED) is 0.291. The summed E-state index contributed by atoms with van der Waals surface area (Å²) in [5.41, 5.74) is 2.52. The van der Waals surface area contributed by atoms with E-state index in [1.165, 1.54) is 6.07 Å². The molecule has 1 amide bonds. The Labute approximate surface area is 105 Å². The minimum atomic E-state index is -3.49. The van der Waals surface area contributed by atoms with Gasteiger partial charge in [0.05, 0.1) is 5.75 Å². The zero-order valence-corrected chi connectivity index (χ0v) is 10.4. The van der Waals surface area contributed by atoms with E-state index >= 15 is 0 Å². The first-order valence-corrected chi connectivity index (χ1v) is 6.86. The van der Waals surface area contributed by atoms with Gasteiger partial charge in [0.25, 0.3) is 5.91 Å². The van der Waals surface area contributed by atoms with Gasteiger partial charge >= 0.3 is 0 Å². The van der Waals surface area contributed by atoms with Crippen LogP contribution in [0.25, 0.3) is 0 Å². The van der Waals surface area contributed by atoms with Crippen LogP contribution in [-0.4, -0.2) is 31.6 Å². The summed E-state index contributed by atoms with van der Waals surface area (Å²) in [6.07, 6.45) is 0.249. The number of nitrogens with one attached hydrogen (secondary N) is 2. The molecule has 0 fully saturated rings. The van der Waals surface area contributed by atoms with E-state index in [9.17, 15) is 13.2 Å². The van der Waals surface area contributed by atoms with Gasteiger partial charge in [-0.1, -0.05) is 6.07 Å². The van der Waals surface area contributed by atoms with Crippen LogP contribution in [-0.2, 0) is 10.0 Å². The largest absolute Gasteiger partial charge is 0.351 e. The fourth-order valence-electron chi connectivity index (χ4n) is 1.21. The normalized spacial score (nSPS) is 11.0. The standard InChI is InChI=1S/C9H15N5O3S/c10-14-8-4-1-3-7(13-8)9(15)12-5-2-6-18(11,16)17/h1,3-4H,2,5-6,10H2,(H,12,15)(H,13,14)(H2,11,16,17). The highest BCUT2D eigenvalue weighted by Gasteiger charge is 2.08.